The topological polar surface area (TPSA) is 59.4 Å². The first kappa shape index (κ1) is 12.5. The zero-order chi connectivity index (χ0) is 13.2. The van der Waals surface area contributed by atoms with Crippen molar-refractivity contribution in [2.75, 3.05) is 31.6 Å². The Balaban J connectivity index is 1.77. The van der Waals surface area contributed by atoms with E-state index in [1.54, 1.807) is 0 Å². The second-order valence-corrected chi connectivity index (χ2v) is 5.21. The van der Waals surface area contributed by atoms with Gasteiger partial charge >= 0.3 is 0 Å². The lowest BCUT2D eigenvalue weighted by Crippen LogP contribution is -2.36. The van der Waals surface area contributed by atoms with Gasteiger partial charge in [0, 0.05) is 39.0 Å². The Labute approximate surface area is 112 Å². The molecule has 0 radical (unpaired) electrons. The van der Waals surface area contributed by atoms with Gasteiger partial charge in [0.15, 0.2) is 0 Å². The first-order valence-corrected chi connectivity index (χ1v) is 6.96. The van der Waals surface area contributed by atoms with Gasteiger partial charge in [0.1, 0.15) is 5.69 Å². The quantitative estimate of drug-likeness (QED) is 0.820. The predicted molar refractivity (Wildman–Crippen MR) is 71.3 cm³/mol. The molecule has 0 spiro atoms. The minimum Gasteiger partial charge on any atom is -0.377 e. The third-order valence-electron chi connectivity index (χ3n) is 3.59. The largest absolute Gasteiger partial charge is 0.377 e. The van der Waals surface area contributed by atoms with Crippen LogP contribution in [-0.2, 0) is 11.3 Å². The monoisotopic (exact) mass is 264 g/mol. The van der Waals surface area contributed by atoms with Crippen LogP contribution in [0.3, 0.4) is 0 Å². The third-order valence-corrected chi connectivity index (χ3v) is 3.59. The van der Waals surface area contributed by atoms with Gasteiger partial charge in [-0.1, -0.05) is 0 Å². The number of imidazole rings is 1. The highest BCUT2D eigenvalue weighted by molar-refractivity contribution is 5.92. The molecule has 6 nitrogen and oxygen atoms in total. The SMILES string of the molecule is CC1CN(C(=O)c2cn3c(n2)NCCC3)CCCO1. The molecule has 0 aromatic carbocycles. The number of anilines is 1. The first-order valence-electron chi connectivity index (χ1n) is 6.96. The molecule has 2 aliphatic heterocycles. The summed E-state index contributed by atoms with van der Waals surface area (Å²) < 4.78 is 7.59. The number of nitrogens with one attached hydrogen (secondary N) is 1. The van der Waals surface area contributed by atoms with Crippen LogP contribution in [0.2, 0.25) is 0 Å². The molecule has 0 bridgehead atoms. The summed E-state index contributed by atoms with van der Waals surface area (Å²) in [6.45, 7) is 5.99. The Morgan fingerprint density at radius 1 is 1.47 bits per heavy atom. The lowest BCUT2D eigenvalue weighted by atomic mass is 10.3. The Morgan fingerprint density at radius 3 is 3.21 bits per heavy atom. The average Bonchev–Trinajstić information content (AvgIpc) is 2.73. The second kappa shape index (κ2) is 5.21. The lowest BCUT2D eigenvalue weighted by Gasteiger charge is -2.20. The fourth-order valence-corrected chi connectivity index (χ4v) is 2.62. The lowest BCUT2D eigenvalue weighted by molar-refractivity contribution is 0.0559. The normalized spacial score (nSPS) is 23.4. The maximum atomic E-state index is 12.5. The number of nitrogens with zero attached hydrogens (tertiary/aromatic N) is 3. The maximum Gasteiger partial charge on any atom is 0.274 e. The van der Waals surface area contributed by atoms with Gasteiger partial charge in [0.2, 0.25) is 5.95 Å². The molecule has 1 aromatic rings. The van der Waals surface area contributed by atoms with Crippen LogP contribution in [0.15, 0.2) is 6.20 Å². The Bertz CT molecular complexity index is 448. The zero-order valence-electron chi connectivity index (χ0n) is 11.3. The first-order chi connectivity index (χ1) is 9.24. The van der Waals surface area contributed by atoms with E-state index in [0.717, 1.165) is 45.0 Å². The number of hydrogen-bond donors (Lipinski definition) is 1. The van der Waals surface area contributed by atoms with Crippen LogP contribution in [0.1, 0.15) is 30.3 Å². The van der Waals surface area contributed by atoms with E-state index in [4.69, 9.17) is 4.74 Å². The van der Waals surface area contributed by atoms with Crippen molar-refractivity contribution in [1.29, 1.82) is 0 Å². The van der Waals surface area contributed by atoms with Gasteiger partial charge in [-0.05, 0) is 19.8 Å². The summed E-state index contributed by atoms with van der Waals surface area (Å²) in [6.07, 6.45) is 3.93. The van der Waals surface area contributed by atoms with E-state index < -0.39 is 0 Å². The molecule has 1 N–H and O–H groups in total. The zero-order valence-corrected chi connectivity index (χ0v) is 11.3. The maximum absolute atomic E-state index is 12.5. The summed E-state index contributed by atoms with van der Waals surface area (Å²) in [7, 11) is 0. The van der Waals surface area contributed by atoms with E-state index in [1.807, 2.05) is 22.6 Å². The number of aromatic nitrogens is 2. The van der Waals surface area contributed by atoms with E-state index in [-0.39, 0.29) is 12.0 Å². The van der Waals surface area contributed by atoms with Crippen molar-refractivity contribution in [2.24, 2.45) is 0 Å². The molecule has 1 fully saturated rings. The van der Waals surface area contributed by atoms with Crippen LogP contribution in [0.4, 0.5) is 5.95 Å². The standard InChI is InChI=1S/C13H20N4O2/c1-10-8-16(6-3-7-19-10)12(18)11-9-17-5-2-4-14-13(17)15-11/h9-10H,2-8H2,1H3,(H,14,15). The van der Waals surface area contributed by atoms with E-state index in [9.17, 15) is 4.79 Å². The van der Waals surface area contributed by atoms with Crippen molar-refractivity contribution >= 4 is 11.9 Å². The molecule has 104 valence electrons. The molecule has 1 unspecified atom stereocenters. The van der Waals surface area contributed by atoms with Gasteiger partial charge in [-0.2, -0.15) is 0 Å². The van der Waals surface area contributed by atoms with Crippen LogP contribution in [0.25, 0.3) is 0 Å². The van der Waals surface area contributed by atoms with Gasteiger partial charge in [-0.3, -0.25) is 4.79 Å². The molecular formula is C13H20N4O2. The Kier molecular flexibility index (Phi) is 3.42. The van der Waals surface area contributed by atoms with Crippen LogP contribution in [-0.4, -0.2) is 52.7 Å². The summed E-state index contributed by atoms with van der Waals surface area (Å²) in [4.78, 5) is 18.7. The number of ether oxygens (including phenoxy) is 1. The molecule has 19 heavy (non-hydrogen) atoms. The molecule has 1 atom stereocenters. The number of fused-ring (bicyclic) bond motifs is 1. The van der Waals surface area contributed by atoms with Crippen molar-refractivity contribution in [3.63, 3.8) is 0 Å². The molecule has 1 amide bonds. The molecule has 3 heterocycles. The Hall–Kier alpha value is -1.56. The Morgan fingerprint density at radius 2 is 2.37 bits per heavy atom. The molecular weight excluding hydrogens is 244 g/mol. The molecule has 6 heteroatoms. The summed E-state index contributed by atoms with van der Waals surface area (Å²) in [6, 6.07) is 0. The molecule has 2 aliphatic rings. The van der Waals surface area contributed by atoms with Gasteiger partial charge in [-0.25, -0.2) is 4.98 Å². The highest BCUT2D eigenvalue weighted by Gasteiger charge is 2.24. The van der Waals surface area contributed by atoms with E-state index in [2.05, 4.69) is 10.3 Å². The minimum absolute atomic E-state index is 0.0149. The van der Waals surface area contributed by atoms with E-state index >= 15 is 0 Å². The summed E-state index contributed by atoms with van der Waals surface area (Å²) in [5.41, 5.74) is 0.540. The van der Waals surface area contributed by atoms with Crippen LogP contribution in [0.5, 0.6) is 0 Å². The number of rotatable bonds is 1. The highest BCUT2D eigenvalue weighted by atomic mass is 16.5. The van der Waals surface area contributed by atoms with Crippen molar-refractivity contribution < 1.29 is 9.53 Å². The fraction of sp³-hybridized carbons (Fsp3) is 0.692. The van der Waals surface area contributed by atoms with Crippen molar-refractivity contribution in [3.05, 3.63) is 11.9 Å². The van der Waals surface area contributed by atoms with Gasteiger partial charge in [-0.15, -0.1) is 0 Å². The molecule has 3 rings (SSSR count). The fourth-order valence-electron chi connectivity index (χ4n) is 2.62. The van der Waals surface area contributed by atoms with Crippen molar-refractivity contribution in [3.8, 4) is 0 Å². The average molecular weight is 264 g/mol. The summed E-state index contributed by atoms with van der Waals surface area (Å²) in [5.74, 6) is 0.828. The van der Waals surface area contributed by atoms with Crippen LogP contribution >= 0.6 is 0 Å². The highest BCUT2D eigenvalue weighted by Crippen LogP contribution is 2.16. The number of amides is 1. The van der Waals surface area contributed by atoms with Gasteiger partial charge < -0.3 is 19.5 Å². The van der Waals surface area contributed by atoms with Crippen molar-refractivity contribution in [1.82, 2.24) is 14.5 Å². The van der Waals surface area contributed by atoms with E-state index in [1.165, 1.54) is 0 Å². The van der Waals surface area contributed by atoms with Gasteiger partial charge in [0.05, 0.1) is 6.10 Å². The van der Waals surface area contributed by atoms with Gasteiger partial charge in [0.25, 0.3) is 5.91 Å². The van der Waals surface area contributed by atoms with Crippen LogP contribution in [0, 0.1) is 0 Å². The second-order valence-electron chi connectivity index (χ2n) is 5.21. The third kappa shape index (κ3) is 2.58. The number of carbonyl (C=O) groups excluding carboxylic acids is 1. The number of carbonyl (C=O) groups is 1. The van der Waals surface area contributed by atoms with E-state index in [0.29, 0.717) is 12.2 Å². The summed E-state index contributed by atoms with van der Waals surface area (Å²) >= 11 is 0. The molecule has 1 aromatic heterocycles. The van der Waals surface area contributed by atoms with Crippen LogP contribution < -0.4 is 5.32 Å². The summed E-state index contributed by atoms with van der Waals surface area (Å²) in [5, 5.41) is 3.22. The molecule has 1 saturated heterocycles. The minimum atomic E-state index is 0.0149. The molecule has 0 saturated carbocycles. The predicted octanol–water partition coefficient (Wildman–Crippen LogP) is 0.950. The molecule has 0 aliphatic carbocycles. The number of hydrogen-bond acceptors (Lipinski definition) is 4. The smallest absolute Gasteiger partial charge is 0.274 e. The number of aryl methyl sites for hydroxylation is 1. The van der Waals surface area contributed by atoms with Crippen molar-refractivity contribution in [2.45, 2.75) is 32.4 Å².